The normalized spacial score (nSPS) is 12.2. The Hall–Kier alpha value is -4.03. The lowest BCUT2D eigenvalue weighted by molar-refractivity contribution is -0.129. The van der Waals surface area contributed by atoms with E-state index in [1.54, 1.807) is 34.8 Å². The zero-order chi connectivity index (χ0) is 24.8. The fourth-order valence-corrected chi connectivity index (χ4v) is 4.10. The summed E-state index contributed by atoms with van der Waals surface area (Å²) < 4.78 is 6.91. The Balaban J connectivity index is 1.82. The van der Waals surface area contributed by atoms with Crippen LogP contribution in [0.2, 0.25) is 0 Å². The van der Waals surface area contributed by atoms with E-state index in [1.807, 2.05) is 86.6 Å². The number of carbonyl (C=O) groups is 1. The number of nitrogens with zero attached hydrogens (tertiary/aromatic N) is 3. The van der Waals surface area contributed by atoms with Crippen molar-refractivity contribution in [2.45, 2.75) is 19.9 Å². The minimum Gasteiger partial charge on any atom is -0.383 e. The second-order valence-electron chi connectivity index (χ2n) is 8.41. The molecular formula is C29H29N3O3. The van der Waals surface area contributed by atoms with Crippen molar-refractivity contribution in [2.24, 2.45) is 0 Å². The Morgan fingerprint density at radius 2 is 1.80 bits per heavy atom. The van der Waals surface area contributed by atoms with Crippen molar-refractivity contribution in [3.8, 4) is 5.69 Å². The van der Waals surface area contributed by atoms with Gasteiger partial charge in [-0.3, -0.25) is 14.2 Å². The van der Waals surface area contributed by atoms with Gasteiger partial charge in [-0.25, -0.2) is 4.98 Å². The van der Waals surface area contributed by atoms with Gasteiger partial charge in [-0.2, -0.15) is 0 Å². The standard InChI is InChI=1S/C29H29N3O3/c1-21-10-9-13-24(20-21)32-28(30-26-15-8-7-14-25(26)29(32)34)22(2)31(18-19-35-3)27(33)17-16-23-11-5-4-6-12-23/h4-17,20,22H,18-19H2,1-3H3/b17-16+. The summed E-state index contributed by atoms with van der Waals surface area (Å²) in [6.45, 7) is 4.59. The Morgan fingerprint density at radius 3 is 2.54 bits per heavy atom. The molecule has 0 fully saturated rings. The highest BCUT2D eigenvalue weighted by Gasteiger charge is 2.25. The number of aromatic nitrogens is 2. The molecule has 35 heavy (non-hydrogen) atoms. The van der Waals surface area contributed by atoms with Gasteiger partial charge >= 0.3 is 0 Å². The van der Waals surface area contributed by atoms with E-state index >= 15 is 0 Å². The van der Waals surface area contributed by atoms with Crippen molar-refractivity contribution >= 4 is 22.9 Å². The number of benzene rings is 3. The van der Waals surface area contributed by atoms with Crippen LogP contribution in [0.25, 0.3) is 22.7 Å². The van der Waals surface area contributed by atoms with E-state index in [-0.39, 0.29) is 11.5 Å². The summed E-state index contributed by atoms with van der Waals surface area (Å²) in [6.07, 6.45) is 3.34. The lowest BCUT2D eigenvalue weighted by atomic mass is 10.1. The first-order valence-electron chi connectivity index (χ1n) is 11.6. The predicted octanol–water partition coefficient (Wildman–Crippen LogP) is 4.94. The molecule has 0 aliphatic carbocycles. The van der Waals surface area contributed by atoms with Crippen LogP contribution in [0, 0.1) is 6.92 Å². The third-order valence-electron chi connectivity index (χ3n) is 5.94. The van der Waals surface area contributed by atoms with Gasteiger partial charge < -0.3 is 9.64 Å². The number of aryl methyl sites for hydroxylation is 1. The Labute approximate surface area is 205 Å². The maximum Gasteiger partial charge on any atom is 0.266 e. The summed E-state index contributed by atoms with van der Waals surface area (Å²) in [5.74, 6) is 0.313. The third-order valence-corrected chi connectivity index (χ3v) is 5.94. The van der Waals surface area contributed by atoms with E-state index < -0.39 is 6.04 Å². The molecule has 1 atom stereocenters. The quantitative estimate of drug-likeness (QED) is 0.344. The monoisotopic (exact) mass is 467 g/mol. The van der Waals surface area contributed by atoms with Crippen LogP contribution in [0.4, 0.5) is 0 Å². The maximum atomic E-state index is 13.7. The van der Waals surface area contributed by atoms with Crippen LogP contribution in [-0.4, -0.2) is 40.6 Å². The summed E-state index contributed by atoms with van der Waals surface area (Å²) in [6, 6.07) is 24.2. The average molecular weight is 468 g/mol. The van der Waals surface area contributed by atoms with E-state index in [9.17, 15) is 9.59 Å². The fraction of sp³-hybridized carbons (Fsp3) is 0.207. The van der Waals surface area contributed by atoms with Crippen LogP contribution < -0.4 is 5.56 Å². The van der Waals surface area contributed by atoms with E-state index in [0.717, 1.165) is 11.1 Å². The zero-order valence-electron chi connectivity index (χ0n) is 20.2. The molecule has 4 aromatic rings. The molecule has 3 aromatic carbocycles. The second-order valence-corrected chi connectivity index (χ2v) is 8.41. The number of hydrogen-bond donors (Lipinski definition) is 0. The number of hydrogen-bond acceptors (Lipinski definition) is 4. The number of amides is 1. The van der Waals surface area contributed by atoms with Crippen LogP contribution in [0.5, 0.6) is 0 Å². The van der Waals surface area contributed by atoms with Crippen molar-refractivity contribution in [3.05, 3.63) is 112 Å². The summed E-state index contributed by atoms with van der Waals surface area (Å²) in [4.78, 5) is 33.6. The smallest absolute Gasteiger partial charge is 0.266 e. The van der Waals surface area contributed by atoms with Crippen LogP contribution in [0.1, 0.15) is 29.9 Å². The van der Waals surface area contributed by atoms with Gasteiger partial charge in [0, 0.05) is 19.7 Å². The van der Waals surface area contributed by atoms with E-state index in [4.69, 9.17) is 9.72 Å². The van der Waals surface area contributed by atoms with Gasteiger partial charge in [-0.05, 0) is 55.3 Å². The third kappa shape index (κ3) is 5.39. The van der Waals surface area contributed by atoms with E-state index in [0.29, 0.717) is 35.6 Å². The Kier molecular flexibility index (Phi) is 7.53. The minimum absolute atomic E-state index is 0.165. The van der Waals surface area contributed by atoms with Gasteiger partial charge in [0.1, 0.15) is 5.82 Å². The zero-order valence-corrected chi connectivity index (χ0v) is 20.2. The van der Waals surface area contributed by atoms with Crippen LogP contribution >= 0.6 is 0 Å². The molecule has 178 valence electrons. The molecule has 1 amide bonds. The second kappa shape index (κ2) is 10.9. The number of rotatable bonds is 8. The molecule has 0 bridgehead atoms. The highest BCUT2D eigenvalue weighted by Crippen LogP contribution is 2.23. The first-order valence-corrected chi connectivity index (χ1v) is 11.6. The molecule has 0 saturated heterocycles. The van der Waals surface area contributed by atoms with Crippen molar-refractivity contribution in [1.29, 1.82) is 0 Å². The van der Waals surface area contributed by atoms with E-state index in [1.165, 1.54) is 0 Å². The topological polar surface area (TPSA) is 64.4 Å². The molecule has 1 unspecified atom stereocenters. The molecule has 0 aliphatic rings. The summed E-state index contributed by atoms with van der Waals surface area (Å²) in [5.41, 5.74) is 3.11. The molecule has 1 aromatic heterocycles. The highest BCUT2D eigenvalue weighted by atomic mass is 16.5. The molecule has 4 rings (SSSR count). The van der Waals surface area contributed by atoms with Crippen LogP contribution in [-0.2, 0) is 9.53 Å². The molecule has 1 heterocycles. The summed E-state index contributed by atoms with van der Waals surface area (Å²) in [5, 5.41) is 0.531. The Morgan fingerprint density at radius 1 is 1.06 bits per heavy atom. The lowest BCUT2D eigenvalue weighted by Crippen LogP contribution is -2.38. The molecule has 0 spiro atoms. The average Bonchev–Trinajstić information content (AvgIpc) is 2.88. The maximum absolute atomic E-state index is 13.7. The van der Waals surface area contributed by atoms with Crippen molar-refractivity contribution < 1.29 is 9.53 Å². The van der Waals surface area contributed by atoms with Crippen LogP contribution in [0.3, 0.4) is 0 Å². The first kappa shape index (κ1) is 24.1. The van der Waals surface area contributed by atoms with E-state index in [2.05, 4.69) is 0 Å². The lowest BCUT2D eigenvalue weighted by Gasteiger charge is -2.29. The number of carbonyl (C=O) groups excluding carboxylic acids is 1. The molecule has 6 heteroatoms. The number of methoxy groups -OCH3 is 1. The van der Waals surface area contributed by atoms with Gasteiger partial charge in [0.05, 0.1) is 29.2 Å². The van der Waals surface area contributed by atoms with Crippen molar-refractivity contribution in [1.82, 2.24) is 14.5 Å². The number of para-hydroxylation sites is 1. The van der Waals surface area contributed by atoms with Gasteiger partial charge in [-0.1, -0.05) is 54.6 Å². The van der Waals surface area contributed by atoms with Crippen molar-refractivity contribution in [3.63, 3.8) is 0 Å². The van der Waals surface area contributed by atoms with Crippen LogP contribution in [0.15, 0.2) is 89.7 Å². The highest BCUT2D eigenvalue weighted by molar-refractivity contribution is 5.92. The number of ether oxygens (including phenoxy) is 1. The SMILES string of the molecule is COCCN(C(=O)/C=C/c1ccccc1)C(C)c1nc2ccccc2c(=O)n1-c1cccc(C)c1. The molecule has 0 aliphatic heterocycles. The number of fused-ring (bicyclic) bond motifs is 1. The van der Waals surface area contributed by atoms with Gasteiger partial charge in [0.15, 0.2) is 0 Å². The minimum atomic E-state index is -0.490. The molecule has 6 nitrogen and oxygen atoms in total. The van der Waals surface area contributed by atoms with Gasteiger partial charge in [0.25, 0.3) is 5.56 Å². The fourth-order valence-electron chi connectivity index (χ4n) is 4.10. The first-order chi connectivity index (χ1) is 17.0. The largest absolute Gasteiger partial charge is 0.383 e. The molecule has 0 N–H and O–H groups in total. The molecule has 0 radical (unpaired) electrons. The Bertz CT molecular complexity index is 1410. The molecular weight excluding hydrogens is 438 g/mol. The summed E-state index contributed by atoms with van der Waals surface area (Å²) >= 11 is 0. The van der Waals surface area contributed by atoms with Gasteiger partial charge in [0.2, 0.25) is 5.91 Å². The van der Waals surface area contributed by atoms with Gasteiger partial charge in [-0.15, -0.1) is 0 Å². The van der Waals surface area contributed by atoms with Crippen molar-refractivity contribution in [2.75, 3.05) is 20.3 Å². The molecule has 0 saturated carbocycles. The predicted molar refractivity (Wildman–Crippen MR) is 140 cm³/mol. The summed E-state index contributed by atoms with van der Waals surface area (Å²) in [7, 11) is 1.60.